The molecule has 0 unspecified atom stereocenters. The quantitative estimate of drug-likeness (QED) is 0.782. The second-order valence-corrected chi connectivity index (χ2v) is 5.25. The number of nitrogens with zero attached hydrogens (tertiary/aromatic N) is 1. The van der Waals surface area contributed by atoms with E-state index in [1.807, 2.05) is 60.7 Å². The summed E-state index contributed by atoms with van der Waals surface area (Å²) in [6.45, 7) is 2.01. The summed E-state index contributed by atoms with van der Waals surface area (Å²) < 4.78 is 5.97. The maximum Gasteiger partial charge on any atom is 0.216 e. The first-order chi connectivity index (χ1) is 11.2. The molecule has 116 valence electrons. The van der Waals surface area contributed by atoms with Crippen LogP contribution in [0.1, 0.15) is 12.8 Å². The Kier molecular flexibility index (Phi) is 4.52. The molecule has 4 heteroatoms. The monoisotopic (exact) mass is 306 g/mol. The molecule has 0 bridgehead atoms. The van der Waals surface area contributed by atoms with E-state index in [4.69, 9.17) is 4.42 Å². The van der Waals surface area contributed by atoms with Crippen molar-refractivity contribution in [3.63, 3.8) is 0 Å². The molecular formula is C19H18N2O2. The predicted octanol–water partition coefficient (Wildman–Crippen LogP) is 3.69. The van der Waals surface area contributed by atoms with Gasteiger partial charge < -0.3 is 9.73 Å². The molecule has 1 aromatic heterocycles. The Hall–Kier alpha value is -2.88. The molecule has 2 aromatic carbocycles. The minimum absolute atomic E-state index is 0.0527. The highest BCUT2D eigenvalue weighted by Crippen LogP contribution is 2.32. The summed E-state index contributed by atoms with van der Waals surface area (Å²) in [5, 5.41) is 2.76. The van der Waals surface area contributed by atoms with Gasteiger partial charge in [-0.05, 0) is 0 Å². The zero-order chi connectivity index (χ0) is 16.1. The topological polar surface area (TPSA) is 55.1 Å². The first kappa shape index (κ1) is 15.0. The number of amides is 1. The number of carbonyl (C=O) groups is 1. The first-order valence-electron chi connectivity index (χ1n) is 7.59. The van der Waals surface area contributed by atoms with Crippen LogP contribution in [0.2, 0.25) is 0 Å². The van der Waals surface area contributed by atoms with Gasteiger partial charge in [0.25, 0.3) is 0 Å². The highest BCUT2D eigenvalue weighted by atomic mass is 16.4. The molecule has 0 spiro atoms. The highest BCUT2D eigenvalue weighted by Gasteiger charge is 2.16. The van der Waals surface area contributed by atoms with E-state index in [0.717, 1.165) is 22.6 Å². The van der Waals surface area contributed by atoms with Gasteiger partial charge in [0, 0.05) is 31.0 Å². The van der Waals surface area contributed by atoms with E-state index in [0.29, 0.717) is 18.9 Å². The van der Waals surface area contributed by atoms with Crippen molar-refractivity contribution in [1.82, 2.24) is 10.3 Å². The minimum Gasteiger partial charge on any atom is -0.440 e. The molecule has 0 atom stereocenters. The predicted molar refractivity (Wildman–Crippen MR) is 89.8 cm³/mol. The minimum atomic E-state index is -0.0527. The standard InChI is InChI=1S/C19H18N2O2/c1-14(22)20-13-12-17-21-18(15-8-4-2-5-9-15)19(23-17)16-10-6-3-7-11-16/h2-11H,12-13H2,1H3,(H,20,22). The van der Waals surface area contributed by atoms with Crippen molar-refractivity contribution in [3.8, 4) is 22.6 Å². The van der Waals surface area contributed by atoms with Crippen LogP contribution in [-0.4, -0.2) is 17.4 Å². The van der Waals surface area contributed by atoms with Gasteiger partial charge in [0.15, 0.2) is 11.7 Å². The molecule has 1 N–H and O–H groups in total. The fourth-order valence-corrected chi connectivity index (χ4v) is 2.39. The number of aromatic nitrogens is 1. The summed E-state index contributed by atoms with van der Waals surface area (Å²) in [5.41, 5.74) is 2.83. The number of oxazole rings is 1. The Balaban J connectivity index is 1.96. The maximum atomic E-state index is 11.0. The molecule has 3 rings (SSSR count). The maximum absolute atomic E-state index is 11.0. The number of benzene rings is 2. The number of nitrogens with one attached hydrogen (secondary N) is 1. The molecule has 3 aromatic rings. The van der Waals surface area contributed by atoms with Gasteiger partial charge in [-0.25, -0.2) is 4.98 Å². The van der Waals surface area contributed by atoms with Gasteiger partial charge in [0.1, 0.15) is 5.69 Å². The Morgan fingerprint density at radius 3 is 2.22 bits per heavy atom. The third kappa shape index (κ3) is 3.66. The van der Waals surface area contributed by atoms with Crippen molar-refractivity contribution in [2.24, 2.45) is 0 Å². The number of carbonyl (C=O) groups excluding carboxylic acids is 1. The lowest BCUT2D eigenvalue weighted by Gasteiger charge is -2.00. The molecule has 0 saturated heterocycles. The van der Waals surface area contributed by atoms with Gasteiger partial charge in [0.2, 0.25) is 5.91 Å². The molecule has 0 aliphatic rings. The van der Waals surface area contributed by atoms with E-state index in [9.17, 15) is 4.79 Å². The van der Waals surface area contributed by atoms with Crippen molar-refractivity contribution in [2.45, 2.75) is 13.3 Å². The third-order valence-corrected chi connectivity index (χ3v) is 3.47. The van der Waals surface area contributed by atoms with E-state index >= 15 is 0 Å². The van der Waals surface area contributed by atoms with Crippen molar-refractivity contribution in [2.75, 3.05) is 6.54 Å². The summed E-state index contributed by atoms with van der Waals surface area (Å²) in [5.74, 6) is 1.33. The summed E-state index contributed by atoms with van der Waals surface area (Å²) in [4.78, 5) is 15.6. The van der Waals surface area contributed by atoms with Crippen LogP contribution >= 0.6 is 0 Å². The zero-order valence-electron chi connectivity index (χ0n) is 13.0. The fraction of sp³-hybridized carbons (Fsp3) is 0.158. The van der Waals surface area contributed by atoms with Crippen LogP contribution in [0.4, 0.5) is 0 Å². The second-order valence-electron chi connectivity index (χ2n) is 5.25. The molecule has 0 fully saturated rings. The van der Waals surface area contributed by atoms with Crippen LogP contribution in [0.5, 0.6) is 0 Å². The van der Waals surface area contributed by atoms with Crippen molar-refractivity contribution in [1.29, 1.82) is 0 Å². The summed E-state index contributed by atoms with van der Waals surface area (Å²) in [7, 11) is 0. The molecule has 0 radical (unpaired) electrons. The average molecular weight is 306 g/mol. The van der Waals surface area contributed by atoms with E-state index in [1.165, 1.54) is 6.92 Å². The van der Waals surface area contributed by atoms with Crippen LogP contribution in [0.15, 0.2) is 65.1 Å². The average Bonchev–Trinajstić information content (AvgIpc) is 3.00. The van der Waals surface area contributed by atoms with E-state index in [-0.39, 0.29) is 5.91 Å². The molecule has 1 amide bonds. The van der Waals surface area contributed by atoms with Crippen molar-refractivity contribution < 1.29 is 9.21 Å². The normalized spacial score (nSPS) is 10.5. The largest absolute Gasteiger partial charge is 0.440 e. The fourth-order valence-electron chi connectivity index (χ4n) is 2.39. The van der Waals surface area contributed by atoms with Gasteiger partial charge in [-0.2, -0.15) is 0 Å². The zero-order valence-corrected chi connectivity index (χ0v) is 13.0. The Morgan fingerprint density at radius 2 is 1.61 bits per heavy atom. The number of rotatable bonds is 5. The highest BCUT2D eigenvalue weighted by molar-refractivity contribution is 5.76. The molecular weight excluding hydrogens is 288 g/mol. The Labute approximate surface area is 135 Å². The Morgan fingerprint density at radius 1 is 1.00 bits per heavy atom. The van der Waals surface area contributed by atoms with Crippen LogP contribution in [-0.2, 0) is 11.2 Å². The van der Waals surface area contributed by atoms with Crippen molar-refractivity contribution >= 4 is 5.91 Å². The summed E-state index contributed by atoms with van der Waals surface area (Å²) in [6, 6.07) is 19.9. The number of hydrogen-bond donors (Lipinski definition) is 1. The van der Waals surface area contributed by atoms with E-state index < -0.39 is 0 Å². The molecule has 4 nitrogen and oxygen atoms in total. The smallest absolute Gasteiger partial charge is 0.216 e. The van der Waals surface area contributed by atoms with Gasteiger partial charge >= 0.3 is 0 Å². The molecule has 23 heavy (non-hydrogen) atoms. The van der Waals surface area contributed by atoms with Gasteiger partial charge in [-0.15, -0.1) is 0 Å². The first-order valence-corrected chi connectivity index (χ1v) is 7.59. The third-order valence-electron chi connectivity index (χ3n) is 3.47. The second kappa shape index (κ2) is 6.92. The van der Waals surface area contributed by atoms with E-state index in [1.54, 1.807) is 0 Å². The SMILES string of the molecule is CC(=O)NCCc1nc(-c2ccccc2)c(-c2ccccc2)o1. The van der Waals surface area contributed by atoms with Crippen LogP contribution in [0.25, 0.3) is 22.6 Å². The van der Waals surface area contributed by atoms with Crippen LogP contribution in [0.3, 0.4) is 0 Å². The molecule has 0 saturated carbocycles. The molecule has 1 heterocycles. The van der Waals surface area contributed by atoms with Gasteiger partial charge in [-0.3, -0.25) is 4.79 Å². The lowest BCUT2D eigenvalue weighted by molar-refractivity contribution is -0.118. The lowest BCUT2D eigenvalue weighted by Crippen LogP contribution is -2.22. The lowest BCUT2D eigenvalue weighted by atomic mass is 10.1. The molecule has 0 aliphatic carbocycles. The number of hydrogen-bond acceptors (Lipinski definition) is 3. The van der Waals surface area contributed by atoms with Gasteiger partial charge in [0.05, 0.1) is 0 Å². The molecule has 0 aliphatic heterocycles. The Bertz CT molecular complexity index is 723. The van der Waals surface area contributed by atoms with E-state index in [2.05, 4.69) is 10.3 Å². The van der Waals surface area contributed by atoms with Gasteiger partial charge in [-0.1, -0.05) is 60.7 Å². The van der Waals surface area contributed by atoms with Crippen LogP contribution in [0, 0.1) is 0 Å². The van der Waals surface area contributed by atoms with Crippen LogP contribution < -0.4 is 5.32 Å². The van der Waals surface area contributed by atoms with Crippen molar-refractivity contribution in [3.05, 3.63) is 66.6 Å². The summed E-state index contributed by atoms with van der Waals surface area (Å²) in [6.07, 6.45) is 0.562. The summed E-state index contributed by atoms with van der Waals surface area (Å²) >= 11 is 0.